The number of aromatic hydroxyl groups is 1. The van der Waals surface area contributed by atoms with Gasteiger partial charge < -0.3 is 10.2 Å². The number of nitrogens with zero attached hydrogens (tertiary/aromatic N) is 1. The van der Waals surface area contributed by atoms with Gasteiger partial charge in [0.05, 0.1) is 6.10 Å². The SMILES string of the molecule is O=Nc1cc([C@@H](O)CBr)ccc1O. The summed E-state index contributed by atoms with van der Waals surface area (Å²) in [5.74, 6) is -0.180. The van der Waals surface area contributed by atoms with Crippen molar-refractivity contribution in [2.75, 3.05) is 5.33 Å². The highest BCUT2D eigenvalue weighted by molar-refractivity contribution is 9.09. The lowest BCUT2D eigenvalue weighted by molar-refractivity contribution is 0.205. The molecule has 70 valence electrons. The Kier molecular flexibility index (Phi) is 3.39. The Morgan fingerprint density at radius 2 is 2.23 bits per heavy atom. The number of phenolic OH excluding ortho intramolecular Hbond substituents is 1. The smallest absolute Gasteiger partial charge is 0.149 e. The Morgan fingerprint density at radius 3 is 2.77 bits per heavy atom. The van der Waals surface area contributed by atoms with Crippen LogP contribution in [0.15, 0.2) is 23.4 Å². The predicted octanol–water partition coefficient (Wildman–Crippen LogP) is 2.22. The fourth-order valence-corrected chi connectivity index (χ4v) is 1.28. The molecule has 0 fully saturated rings. The van der Waals surface area contributed by atoms with Gasteiger partial charge >= 0.3 is 0 Å². The van der Waals surface area contributed by atoms with Crippen molar-refractivity contribution in [2.24, 2.45) is 5.18 Å². The van der Waals surface area contributed by atoms with E-state index in [1.54, 1.807) is 0 Å². The maximum Gasteiger partial charge on any atom is 0.149 e. The van der Waals surface area contributed by atoms with Gasteiger partial charge in [-0.05, 0) is 22.9 Å². The Bertz CT molecular complexity index is 316. The molecule has 0 unspecified atom stereocenters. The van der Waals surface area contributed by atoms with Crippen molar-refractivity contribution in [2.45, 2.75) is 6.10 Å². The molecule has 2 N–H and O–H groups in total. The van der Waals surface area contributed by atoms with Crippen molar-refractivity contribution >= 4 is 21.6 Å². The molecular formula is C8H8BrNO3. The van der Waals surface area contributed by atoms with E-state index in [0.717, 1.165) is 0 Å². The number of hydrogen-bond donors (Lipinski definition) is 2. The van der Waals surface area contributed by atoms with Crippen LogP contribution in [0.2, 0.25) is 0 Å². The van der Waals surface area contributed by atoms with Crippen LogP contribution in [0.1, 0.15) is 11.7 Å². The van der Waals surface area contributed by atoms with Crippen LogP contribution in [-0.4, -0.2) is 15.5 Å². The van der Waals surface area contributed by atoms with Crippen LogP contribution >= 0.6 is 15.9 Å². The summed E-state index contributed by atoms with van der Waals surface area (Å²) in [6.07, 6.45) is -0.693. The number of rotatable bonds is 3. The second-order valence-electron chi connectivity index (χ2n) is 2.51. The number of alkyl halides is 1. The Hall–Kier alpha value is -0.940. The highest BCUT2D eigenvalue weighted by Crippen LogP contribution is 2.29. The first-order valence-corrected chi connectivity index (χ1v) is 4.71. The zero-order chi connectivity index (χ0) is 9.84. The van der Waals surface area contributed by atoms with Crippen LogP contribution in [0, 0.1) is 4.91 Å². The third-order valence-electron chi connectivity index (χ3n) is 1.63. The molecule has 1 aromatic carbocycles. The molecule has 5 heteroatoms. The zero-order valence-electron chi connectivity index (χ0n) is 6.64. The van der Waals surface area contributed by atoms with Gasteiger partial charge in [-0.25, -0.2) is 0 Å². The van der Waals surface area contributed by atoms with Crippen LogP contribution in [-0.2, 0) is 0 Å². The average Bonchev–Trinajstić information content (AvgIpc) is 2.17. The number of phenols is 1. The monoisotopic (exact) mass is 245 g/mol. The average molecular weight is 246 g/mol. The van der Waals surface area contributed by atoms with E-state index < -0.39 is 6.10 Å². The third kappa shape index (κ3) is 2.26. The lowest BCUT2D eigenvalue weighted by Crippen LogP contribution is -1.97. The second kappa shape index (κ2) is 4.34. The van der Waals surface area contributed by atoms with Crippen molar-refractivity contribution < 1.29 is 10.2 Å². The molecule has 0 aromatic heterocycles. The van der Waals surface area contributed by atoms with Gasteiger partial charge in [-0.2, -0.15) is 0 Å². The Morgan fingerprint density at radius 1 is 1.54 bits per heavy atom. The van der Waals surface area contributed by atoms with E-state index >= 15 is 0 Å². The summed E-state index contributed by atoms with van der Waals surface area (Å²) in [5, 5.41) is 21.5. The lowest BCUT2D eigenvalue weighted by Gasteiger charge is -2.07. The molecule has 0 bridgehead atoms. The van der Waals surface area contributed by atoms with Gasteiger partial charge in [0.2, 0.25) is 0 Å². The number of benzene rings is 1. The minimum Gasteiger partial charge on any atom is -0.506 e. The summed E-state index contributed by atoms with van der Waals surface area (Å²) in [4.78, 5) is 10.2. The molecule has 1 rings (SSSR count). The van der Waals surface area contributed by atoms with E-state index in [-0.39, 0.29) is 11.4 Å². The summed E-state index contributed by atoms with van der Waals surface area (Å²) in [6, 6.07) is 4.22. The molecule has 0 radical (unpaired) electrons. The van der Waals surface area contributed by atoms with Gasteiger partial charge in [-0.1, -0.05) is 22.0 Å². The maximum absolute atomic E-state index is 10.2. The van der Waals surface area contributed by atoms with Crippen molar-refractivity contribution in [1.29, 1.82) is 0 Å². The first-order chi connectivity index (χ1) is 6.19. The van der Waals surface area contributed by atoms with E-state index in [2.05, 4.69) is 21.1 Å². The molecule has 0 saturated carbocycles. The first-order valence-electron chi connectivity index (χ1n) is 3.59. The quantitative estimate of drug-likeness (QED) is 0.634. The normalized spacial score (nSPS) is 12.5. The highest BCUT2D eigenvalue weighted by atomic mass is 79.9. The number of hydrogen-bond acceptors (Lipinski definition) is 4. The molecule has 0 aliphatic rings. The Balaban J connectivity index is 3.05. The van der Waals surface area contributed by atoms with Gasteiger partial charge in [0, 0.05) is 5.33 Å². The molecule has 4 nitrogen and oxygen atoms in total. The van der Waals surface area contributed by atoms with Gasteiger partial charge in [0.15, 0.2) is 0 Å². The van der Waals surface area contributed by atoms with E-state index in [1.807, 2.05) is 0 Å². The van der Waals surface area contributed by atoms with Crippen LogP contribution in [0.5, 0.6) is 5.75 Å². The second-order valence-corrected chi connectivity index (χ2v) is 3.16. The molecular weight excluding hydrogens is 238 g/mol. The molecule has 0 amide bonds. The van der Waals surface area contributed by atoms with Crippen molar-refractivity contribution in [1.82, 2.24) is 0 Å². The van der Waals surface area contributed by atoms with E-state index in [9.17, 15) is 10.0 Å². The molecule has 1 atom stereocenters. The maximum atomic E-state index is 10.2. The van der Waals surface area contributed by atoms with Crippen LogP contribution < -0.4 is 0 Å². The summed E-state index contributed by atoms with van der Waals surface area (Å²) in [5.41, 5.74) is 0.488. The number of aliphatic hydroxyl groups is 1. The molecule has 0 heterocycles. The molecule has 0 saturated heterocycles. The first kappa shape index (κ1) is 10.1. The minimum absolute atomic E-state index is 0.0579. The van der Waals surface area contributed by atoms with Gasteiger partial charge in [0.1, 0.15) is 11.4 Å². The highest BCUT2D eigenvalue weighted by Gasteiger charge is 2.09. The van der Waals surface area contributed by atoms with Crippen LogP contribution in [0.25, 0.3) is 0 Å². The van der Waals surface area contributed by atoms with Crippen LogP contribution in [0.3, 0.4) is 0 Å². The van der Waals surface area contributed by atoms with E-state index in [0.29, 0.717) is 10.9 Å². The predicted molar refractivity (Wildman–Crippen MR) is 52.3 cm³/mol. The largest absolute Gasteiger partial charge is 0.506 e. The zero-order valence-corrected chi connectivity index (χ0v) is 8.23. The number of aliphatic hydroxyl groups excluding tert-OH is 1. The summed E-state index contributed by atoms with van der Waals surface area (Å²) in [7, 11) is 0. The third-order valence-corrected chi connectivity index (χ3v) is 2.24. The van der Waals surface area contributed by atoms with Gasteiger partial charge in [-0.3, -0.25) is 0 Å². The molecule has 0 aliphatic heterocycles. The summed E-state index contributed by atoms with van der Waals surface area (Å²) < 4.78 is 0. The lowest BCUT2D eigenvalue weighted by atomic mass is 10.1. The number of nitroso groups, excluding NO2 is 1. The van der Waals surface area contributed by atoms with Crippen molar-refractivity contribution in [3.63, 3.8) is 0 Å². The van der Waals surface area contributed by atoms with Crippen molar-refractivity contribution in [3.8, 4) is 5.75 Å². The number of halogens is 1. The van der Waals surface area contributed by atoms with E-state index in [1.165, 1.54) is 18.2 Å². The molecule has 13 heavy (non-hydrogen) atoms. The standard InChI is InChI=1S/C8H8BrNO3/c9-4-8(12)5-1-2-7(11)6(3-5)10-13/h1-3,8,11-12H,4H2/t8-/m0/s1. The fraction of sp³-hybridized carbons (Fsp3) is 0.250. The molecule has 0 aliphatic carbocycles. The summed E-state index contributed by atoms with van der Waals surface area (Å²) in [6.45, 7) is 0. The van der Waals surface area contributed by atoms with Gasteiger partial charge in [-0.15, -0.1) is 4.91 Å². The fourth-order valence-electron chi connectivity index (χ4n) is 0.910. The minimum atomic E-state index is -0.693. The van der Waals surface area contributed by atoms with Crippen molar-refractivity contribution in [3.05, 3.63) is 28.7 Å². The Labute approximate surface area is 83.3 Å². The van der Waals surface area contributed by atoms with E-state index in [4.69, 9.17) is 5.11 Å². The summed E-state index contributed by atoms with van der Waals surface area (Å²) >= 11 is 3.10. The van der Waals surface area contributed by atoms with Gasteiger partial charge in [0.25, 0.3) is 0 Å². The molecule has 0 spiro atoms. The molecule has 1 aromatic rings. The van der Waals surface area contributed by atoms with Crippen LogP contribution in [0.4, 0.5) is 5.69 Å². The topological polar surface area (TPSA) is 69.9 Å².